The van der Waals surface area contributed by atoms with Crippen LogP contribution in [-0.2, 0) is 0 Å². The highest BCUT2D eigenvalue weighted by molar-refractivity contribution is 5.60. The van der Waals surface area contributed by atoms with Crippen molar-refractivity contribution in [3.8, 4) is 11.4 Å². The summed E-state index contributed by atoms with van der Waals surface area (Å²) in [5, 5.41) is 0. The maximum absolute atomic E-state index is 13.7. The predicted octanol–water partition coefficient (Wildman–Crippen LogP) is 3.76. The standard InChI is InChI=1S/C14H12F2N2/c1-3-4-11-12(15)5-10(6-13(11)16)14-17-7-9(2)8-18-14/h3-8H,1-2H3/b4-3+. The molecule has 0 saturated heterocycles. The first-order chi connectivity index (χ1) is 8.61. The molecule has 0 spiro atoms. The molecule has 0 N–H and O–H groups in total. The molecule has 2 rings (SSSR count). The van der Waals surface area contributed by atoms with Crippen molar-refractivity contribution in [2.75, 3.05) is 0 Å². The summed E-state index contributed by atoms with van der Waals surface area (Å²) in [5.74, 6) is -0.926. The Morgan fingerprint density at radius 2 is 1.61 bits per heavy atom. The molecule has 2 aromatic rings. The zero-order chi connectivity index (χ0) is 13.1. The summed E-state index contributed by atoms with van der Waals surface area (Å²) >= 11 is 0. The number of nitrogens with zero attached hydrogens (tertiary/aromatic N) is 2. The van der Waals surface area contributed by atoms with Gasteiger partial charge < -0.3 is 0 Å². The highest BCUT2D eigenvalue weighted by Crippen LogP contribution is 2.22. The molecule has 18 heavy (non-hydrogen) atoms. The molecule has 0 unspecified atom stereocenters. The molecule has 0 radical (unpaired) electrons. The quantitative estimate of drug-likeness (QED) is 0.806. The van der Waals surface area contributed by atoms with Gasteiger partial charge in [0.05, 0.1) is 0 Å². The van der Waals surface area contributed by atoms with Crippen molar-refractivity contribution in [3.63, 3.8) is 0 Å². The van der Waals surface area contributed by atoms with Crippen LogP contribution in [0.5, 0.6) is 0 Å². The Hall–Kier alpha value is -2.10. The summed E-state index contributed by atoms with van der Waals surface area (Å²) in [7, 11) is 0. The van der Waals surface area contributed by atoms with Crippen LogP contribution in [0.4, 0.5) is 8.78 Å². The Morgan fingerprint density at radius 1 is 1.06 bits per heavy atom. The number of hydrogen-bond acceptors (Lipinski definition) is 2. The van der Waals surface area contributed by atoms with E-state index in [1.807, 2.05) is 6.92 Å². The van der Waals surface area contributed by atoms with Gasteiger partial charge in [0.15, 0.2) is 5.82 Å². The fourth-order valence-electron chi connectivity index (χ4n) is 1.58. The van der Waals surface area contributed by atoms with Crippen molar-refractivity contribution in [1.82, 2.24) is 9.97 Å². The Morgan fingerprint density at radius 3 is 2.11 bits per heavy atom. The number of hydrogen-bond donors (Lipinski definition) is 0. The number of aromatic nitrogens is 2. The van der Waals surface area contributed by atoms with E-state index in [1.54, 1.807) is 25.4 Å². The third-order valence-corrected chi connectivity index (χ3v) is 2.45. The topological polar surface area (TPSA) is 25.8 Å². The van der Waals surface area contributed by atoms with Crippen molar-refractivity contribution in [2.45, 2.75) is 13.8 Å². The second kappa shape index (κ2) is 5.04. The summed E-state index contributed by atoms with van der Waals surface area (Å²) in [6.45, 7) is 3.55. The zero-order valence-corrected chi connectivity index (χ0v) is 10.1. The molecule has 4 heteroatoms. The molecule has 0 amide bonds. The van der Waals surface area contributed by atoms with E-state index in [-0.39, 0.29) is 5.56 Å². The van der Waals surface area contributed by atoms with Gasteiger partial charge in [-0.1, -0.05) is 12.2 Å². The minimum absolute atomic E-state index is 0.0478. The lowest BCUT2D eigenvalue weighted by molar-refractivity contribution is 0.579. The summed E-state index contributed by atoms with van der Waals surface area (Å²) < 4.78 is 27.4. The fraction of sp³-hybridized carbons (Fsp3) is 0.143. The molecular formula is C14H12F2N2. The first kappa shape index (κ1) is 12.4. The number of benzene rings is 1. The second-order valence-corrected chi connectivity index (χ2v) is 3.94. The monoisotopic (exact) mass is 246 g/mol. The third kappa shape index (κ3) is 2.42. The summed E-state index contributed by atoms with van der Waals surface area (Å²) in [5.41, 5.74) is 1.18. The number of rotatable bonds is 2. The largest absolute Gasteiger partial charge is 0.236 e. The van der Waals surface area contributed by atoms with E-state index in [0.29, 0.717) is 11.4 Å². The van der Waals surface area contributed by atoms with Gasteiger partial charge >= 0.3 is 0 Å². The summed E-state index contributed by atoms with van der Waals surface area (Å²) in [6.07, 6.45) is 6.20. The minimum atomic E-state index is -0.618. The van der Waals surface area contributed by atoms with Gasteiger partial charge in [-0.15, -0.1) is 0 Å². The maximum atomic E-state index is 13.7. The van der Waals surface area contributed by atoms with E-state index in [0.717, 1.165) is 5.56 Å². The number of allylic oxidation sites excluding steroid dienone is 1. The smallest absolute Gasteiger partial charge is 0.159 e. The van der Waals surface area contributed by atoms with Crippen molar-refractivity contribution in [2.24, 2.45) is 0 Å². The molecule has 0 atom stereocenters. The van der Waals surface area contributed by atoms with Crippen molar-refractivity contribution in [3.05, 3.63) is 53.4 Å². The van der Waals surface area contributed by atoms with E-state index in [4.69, 9.17) is 0 Å². The third-order valence-electron chi connectivity index (χ3n) is 2.45. The zero-order valence-electron chi connectivity index (χ0n) is 10.1. The van der Waals surface area contributed by atoms with E-state index >= 15 is 0 Å². The Kier molecular flexibility index (Phi) is 3.46. The van der Waals surface area contributed by atoms with Crippen LogP contribution in [-0.4, -0.2) is 9.97 Å². The molecule has 0 bridgehead atoms. The first-order valence-corrected chi connectivity index (χ1v) is 5.52. The van der Waals surface area contributed by atoms with Gasteiger partial charge in [0.25, 0.3) is 0 Å². The maximum Gasteiger partial charge on any atom is 0.159 e. The summed E-state index contributed by atoms with van der Waals surface area (Å²) in [4.78, 5) is 8.09. The first-order valence-electron chi connectivity index (χ1n) is 5.52. The van der Waals surface area contributed by atoms with Crippen LogP contribution in [0.3, 0.4) is 0 Å². The highest BCUT2D eigenvalue weighted by Gasteiger charge is 2.11. The van der Waals surface area contributed by atoms with Gasteiger partial charge in [-0.05, 0) is 31.5 Å². The highest BCUT2D eigenvalue weighted by atomic mass is 19.1. The fourth-order valence-corrected chi connectivity index (χ4v) is 1.58. The van der Waals surface area contributed by atoms with Gasteiger partial charge in [0.1, 0.15) is 11.6 Å². The molecule has 2 nitrogen and oxygen atoms in total. The van der Waals surface area contributed by atoms with Crippen molar-refractivity contribution >= 4 is 6.08 Å². The molecule has 0 fully saturated rings. The number of aryl methyl sites for hydroxylation is 1. The Balaban J connectivity index is 2.51. The summed E-state index contributed by atoms with van der Waals surface area (Å²) in [6, 6.07) is 2.48. The molecule has 1 aromatic heterocycles. The van der Waals surface area contributed by atoms with Crippen LogP contribution in [0, 0.1) is 18.6 Å². The van der Waals surface area contributed by atoms with Crippen LogP contribution in [0.1, 0.15) is 18.1 Å². The molecule has 0 saturated carbocycles. The molecule has 92 valence electrons. The second-order valence-electron chi connectivity index (χ2n) is 3.94. The van der Waals surface area contributed by atoms with Gasteiger partial charge in [-0.25, -0.2) is 18.7 Å². The normalized spacial score (nSPS) is 11.1. The van der Waals surface area contributed by atoms with Crippen LogP contribution in [0.15, 0.2) is 30.6 Å². The SMILES string of the molecule is C/C=C/c1c(F)cc(-c2ncc(C)cn2)cc1F. The lowest BCUT2D eigenvalue weighted by atomic mass is 10.1. The van der Waals surface area contributed by atoms with Crippen LogP contribution >= 0.6 is 0 Å². The molecular weight excluding hydrogens is 234 g/mol. The van der Waals surface area contributed by atoms with Gasteiger partial charge in [-0.3, -0.25) is 0 Å². The van der Waals surface area contributed by atoms with Gasteiger partial charge in [0.2, 0.25) is 0 Å². The lowest BCUT2D eigenvalue weighted by Crippen LogP contribution is -1.94. The Labute approximate surface area is 104 Å². The average Bonchev–Trinajstić information content (AvgIpc) is 2.34. The molecule has 1 aromatic carbocycles. The predicted molar refractivity (Wildman–Crippen MR) is 66.8 cm³/mol. The molecule has 0 aliphatic heterocycles. The van der Waals surface area contributed by atoms with Crippen LogP contribution < -0.4 is 0 Å². The minimum Gasteiger partial charge on any atom is -0.236 e. The van der Waals surface area contributed by atoms with Crippen LogP contribution in [0.2, 0.25) is 0 Å². The van der Waals surface area contributed by atoms with E-state index in [1.165, 1.54) is 18.2 Å². The Bertz CT molecular complexity index is 566. The molecule has 0 aliphatic carbocycles. The van der Waals surface area contributed by atoms with Crippen LogP contribution in [0.25, 0.3) is 17.5 Å². The van der Waals surface area contributed by atoms with Crippen molar-refractivity contribution in [1.29, 1.82) is 0 Å². The molecule has 1 heterocycles. The van der Waals surface area contributed by atoms with E-state index in [2.05, 4.69) is 9.97 Å². The van der Waals surface area contributed by atoms with Gasteiger partial charge in [-0.2, -0.15) is 0 Å². The lowest BCUT2D eigenvalue weighted by Gasteiger charge is -2.04. The van der Waals surface area contributed by atoms with E-state index in [9.17, 15) is 8.78 Å². The van der Waals surface area contributed by atoms with Gasteiger partial charge in [0, 0.05) is 23.5 Å². The average molecular weight is 246 g/mol. The van der Waals surface area contributed by atoms with E-state index < -0.39 is 11.6 Å². The molecule has 0 aliphatic rings. The van der Waals surface area contributed by atoms with Crippen molar-refractivity contribution < 1.29 is 8.78 Å². The number of halogens is 2.